The van der Waals surface area contributed by atoms with Crippen LogP contribution in [-0.2, 0) is 11.1 Å². The van der Waals surface area contributed by atoms with Crippen molar-refractivity contribution in [3.8, 4) is 23.0 Å². The zero-order valence-corrected chi connectivity index (χ0v) is 20.5. The van der Waals surface area contributed by atoms with Gasteiger partial charge in [-0.1, -0.05) is 19.4 Å². The molecule has 0 saturated carbocycles. The molecule has 0 fully saturated rings. The number of hydrogen-bond acceptors (Lipinski definition) is 6. The maximum absolute atomic E-state index is 11.9. The Morgan fingerprint density at radius 2 is 1.62 bits per heavy atom. The summed E-state index contributed by atoms with van der Waals surface area (Å²) in [5.74, 6) is 2.29. The highest BCUT2D eigenvalue weighted by Crippen LogP contribution is 2.28. The van der Waals surface area contributed by atoms with E-state index in [0.29, 0.717) is 16.4 Å². The van der Waals surface area contributed by atoms with Crippen LogP contribution >= 0.6 is 11.8 Å². The number of aryl methyl sites for hydroxylation is 1. The van der Waals surface area contributed by atoms with Crippen molar-refractivity contribution in [2.75, 3.05) is 20.0 Å². The predicted molar refractivity (Wildman–Crippen MR) is 132 cm³/mol. The molecule has 0 spiro atoms. The lowest BCUT2D eigenvalue weighted by Crippen LogP contribution is -2.00. The molecule has 3 aromatic carbocycles. The first kappa shape index (κ1) is 25.6. The molecule has 0 aliphatic rings. The third kappa shape index (κ3) is 8.48. The number of phenolic OH excluding ortho intramolecular Hbond substituents is 1. The van der Waals surface area contributed by atoms with Crippen molar-refractivity contribution in [1.82, 2.24) is 0 Å². The zero-order valence-electron chi connectivity index (χ0n) is 18.9. The maximum Gasteiger partial charge on any atom is 0.240 e. The number of benzene rings is 3. The van der Waals surface area contributed by atoms with Crippen molar-refractivity contribution in [1.29, 1.82) is 0 Å². The van der Waals surface area contributed by atoms with Crippen molar-refractivity contribution in [2.24, 2.45) is 0 Å². The van der Waals surface area contributed by atoms with E-state index in [9.17, 15) is 4.21 Å². The van der Waals surface area contributed by atoms with Crippen molar-refractivity contribution >= 4 is 22.8 Å². The van der Waals surface area contributed by atoms with Gasteiger partial charge in [-0.3, -0.25) is 0 Å². The van der Waals surface area contributed by atoms with Crippen LogP contribution in [0.15, 0.2) is 76.5 Å². The van der Waals surface area contributed by atoms with Gasteiger partial charge in [0, 0.05) is 4.90 Å². The molecule has 0 radical (unpaired) electrons. The van der Waals surface area contributed by atoms with Crippen LogP contribution in [0.5, 0.6) is 23.0 Å². The van der Waals surface area contributed by atoms with Gasteiger partial charge in [0.15, 0.2) is 0 Å². The average molecular weight is 475 g/mol. The van der Waals surface area contributed by atoms with Crippen LogP contribution in [0.2, 0.25) is 0 Å². The second-order valence-corrected chi connectivity index (χ2v) is 8.80. The molecule has 0 aromatic heterocycles. The molecule has 5 nitrogen and oxygen atoms in total. The van der Waals surface area contributed by atoms with E-state index in [2.05, 4.69) is 38.3 Å². The smallest absolute Gasteiger partial charge is 0.240 e. The fourth-order valence-corrected chi connectivity index (χ4v) is 3.92. The Morgan fingerprint density at radius 3 is 2.22 bits per heavy atom. The average Bonchev–Trinajstić information content (AvgIpc) is 2.82. The summed E-state index contributed by atoms with van der Waals surface area (Å²) in [6.07, 6.45) is 4.39. The minimum Gasteiger partial charge on any atom is -0.508 e. The van der Waals surface area contributed by atoms with E-state index < -0.39 is 11.1 Å². The standard InChI is InChI=1S/C13H12O4S.C12H18OS/c1-16-11-6-8-13(9-7-11)18(15)17-12-4-2-10(14)3-5-12;1-4-5-8-13-11-7-6-10(2)9-12(11)14-3/h2-9,14H,1H3;6-7,9H,4-5,8H2,1-3H3. The number of thioether (sulfide) groups is 1. The van der Waals surface area contributed by atoms with E-state index in [1.807, 2.05) is 0 Å². The van der Waals surface area contributed by atoms with E-state index in [0.717, 1.165) is 18.8 Å². The van der Waals surface area contributed by atoms with Crippen molar-refractivity contribution < 1.29 is 23.0 Å². The third-order valence-corrected chi connectivity index (χ3v) is 6.09. The summed E-state index contributed by atoms with van der Waals surface area (Å²) in [5.41, 5.74) is 1.29. The Kier molecular flexibility index (Phi) is 11.0. The lowest BCUT2D eigenvalue weighted by Gasteiger charge is -2.09. The number of methoxy groups -OCH3 is 1. The van der Waals surface area contributed by atoms with Crippen LogP contribution in [0.3, 0.4) is 0 Å². The van der Waals surface area contributed by atoms with Gasteiger partial charge in [-0.25, -0.2) is 4.21 Å². The Morgan fingerprint density at radius 1 is 0.969 bits per heavy atom. The second-order valence-electron chi connectivity index (χ2n) is 6.84. The summed E-state index contributed by atoms with van der Waals surface area (Å²) < 4.78 is 27.8. The van der Waals surface area contributed by atoms with E-state index in [4.69, 9.17) is 18.8 Å². The van der Waals surface area contributed by atoms with Crippen molar-refractivity contribution in [3.05, 3.63) is 72.3 Å². The topological polar surface area (TPSA) is 65.0 Å². The first-order valence-electron chi connectivity index (χ1n) is 10.3. The van der Waals surface area contributed by atoms with Crippen LogP contribution in [0.1, 0.15) is 25.3 Å². The highest BCUT2D eigenvalue weighted by molar-refractivity contribution is 7.98. The van der Waals surface area contributed by atoms with Gasteiger partial charge in [0.05, 0.1) is 18.6 Å². The Bertz CT molecular complexity index is 973. The first-order valence-corrected chi connectivity index (χ1v) is 12.6. The number of phenols is 1. The van der Waals surface area contributed by atoms with E-state index >= 15 is 0 Å². The molecule has 0 bridgehead atoms. The van der Waals surface area contributed by atoms with Gasteiger partial charge in [-0.05, 0) is 85.8 Å². The van der Waals surface area contributed by atoms with Gasteiger partial charge in [0.1, 0.15) is 23.0 Å². The van der Waals surface area contributed by atoms with Gasteiger partial charge in [-0.15, -0.1) is 11.8 Å². The van der Waals surface area contributed by atoms with Crippen molar-refractivity contribution in [2.45, 2.75) is 36.5 Å². The molecule has 0 amide bonds. The van der Waals surface area contributed by atoms with Gasteiger partial charge in [0.2, 0.25) is 11.1 Å². The molecule has 32 heavy (non-hydrogen) atoms. The molecule has 0 saturated heterocycles. The number of unbranched alkanes of at least 4 members (excludes halogenated alkanes) is 1. The fraction of sp³-hybridized carbons (Fsp3) is 0.280. The van der Waals surface area contributed by atoms with Crippen molar-refractivity contribution in [3.63, 3.8) is 0 Å². The minimum absolute atomic E-state index is 0.137. The molecular formula is C25H30O5S2. The maximum atomic E-state index is 11.9. The Hall–Kier alpha value is -2.64. The van der Waals surface area contributed by atoms with Gasteiger partial charge < -0.3 is 18.8 Å². The normalized spacial score (nSPS) is 11.1. The summed E-state index contributed by atoms with van der Waals surface area (Å²) >= 11 is 0.154. The van der Waals surface area contributed by atoms with Crippen LogP contribution < -0.4 is 13.7 Å². The molecule has 172 valence electrons. The molecule has 0 heterocycles. The number of rotatable bonds is 9. The summed E-state index contributed by atoms with van der Waals surface area (Å²) in [6.45, 7) is 5.11. The minimum atomic E-state index is -1.59. The Labute approximate surface area is 197 Å². The lowest BCUT2D eigenvalue weighted by atomic mass is 10.2. The quantitative estimate of drug-likeness (QED) is 0.286. The molecule has 1 N–H and O–H groups in total. The molecule has 1 atom stereocenters. The Balaban J connectivity index is 0.000000235. The largest absolute Gasteiger partial charge is 0.508 e. The SMILES string of the molecule is CCCCOc1ccc(C)cc1SC.COc1ccc(S(=O)Oc2ccc(O)cc2)cc1. The van der Waals surface area contributed by atoms with Crippen LogP contribution in [-0.4, -0.2) is 29.3 Å². The summed E-state index contributed by atoms with van der Waals surface area (Å²) in [4.78, 5) is 1.78. The summed E-state index contributed by atoms with van der Waals surface area (Å²) in [5, 5.41) is 9.12. The summed E-state index contributed by atoms with van der Waals surface area (Å²) in [6, 6.07) is 19.2. The molecule has 0 aliphatic heterocycles. The van der Waals surface area contributed by atoms with E-state index in [1.165, 1.54) is 29.0 Å². The predicted octanol–water partition coefficient (Wildman–Crippen LogP) is 6.40. The zero-order chi connectivity index (χ0) is 23.3. The van der Waals surface area contributed by atoms with E-state index in [-0.39, 0.29) is 5.75 Å². The monoisotopic (exact) mass is 474 g/mol. The van der Waals surface area contributed by atoms with Crippen LogP contribution in [0.25, 0.3) is 0 Å². The second kappa shape index (κ2) is 13.7. The molecule has 3 rings (SSSR count). The fourth-order valence-electron chi connectivity index (χ4n) is 2.54. The molecular weight excluding hydrogens is 444 g/mol. The number of aromatic hydroxyl groups is 1. The van der Waals surface area contributed by atoms with Gasteiger partial charge in [0.25, 0.3) is 0 Å². The summed E-state index contributed by atoms with van der Waals surface area (Å²) in [7, 11) is 1.57. The van der Waals surface area contributed by atoms with Crippen LogP contribution in [0.4, 0.5) is 0 Å². The first-order chi connectivity index (χ1) is 15.5. The van der Waals surface area contributed by atoms with Gasteiger partial charge >= 0.3 is 0 Å². The third-order valence-electron chi connectivity index (χ3n) is 4.34. The molecule has 7 heteroatoms. The highest BCUT2D eigenvalue weighted by atomic mass is 32.2. The molecule has 1 unspecified atom stereocenters. The van der Waals surface area contributed by atoms with Crippen LogP contribution in [0, 0.1) is 6.92 Å². The lowest BCUT2D eigenvalue weighted by molar-refractivity contribution is 0.302. The number of hydrogen-bond donors (Lipinski definition) is 1. The van der Waals surface area contributed by atoms with Gasteiger partial charge in [-0.2, -0.15) is 0 Å². The molecule has 0 aliphatic carbocycles. The number of ether oxygens (including phenoxy) is 2. The molecule has 3 aromatic rings. The highest BCUT2D eigenvalue weighted by Gasteiger charge is 2.07. The van der Waals surface area contributed by atoms with E-state index in [1.54, 1.807) is 55.3 Å².